The van der Waals surface area contributed by atoms with Crippen molar-refractivity contribution in [2.45, 2.75) is 20.4 Å². The van der Waals surface area contributed by atoms with Crippen LogP contribution in [0.15, 0.2) is 6.20 Å². The summed E-state index contributed by atoms with van der Waals surface area (Å²) in [6, 6.07) is 0. The monoisotopic (exact) mass is 154 g/mol. The van der Waals surface area contributed by atoms with E-state index in [1.807, 2.05) is 6.92 Å². The summed E-state index contributed by atoms with van der Waals surface area (Å²) in [7, 11) is -1.41. The lowest BCUT2D eigenvalue weighted by atomic mass is 9.81. The van der Waals surface area contributed by atoms with Gasteiger partial charge in [0.2, 0.25) is 0 Å². The molecule has 0 aliphatic carbocycles. The zero-order valence-electron chi connectivity index (χ0n) is 6.65. The zero-order valence-corrected chi connectivity index (χ0v) is 6.65. The molecule has 11 heavy (non-hydrogen) atoms. The van der Waals surface area contributed by atoms with Gasteiger partial charge in [0.15, 0.2) is 0 Å². The Labute approximate surface area is 65.6 Å². The van der Waals surface area contributed by atoms with Crippen LogP contribution in [0.1, 0.15) is 12.6 Å². The first kappa shape index (κ1) is 8.29. The molecule has 0 saturated heterocycles. The summed E-state index contributed by atoms with van der Waals surface area (Å²) < 4.78 is 1.67. The lowest BCUT2D eigenvalue weighted by molar-refractivity contribution is 0.425. The molecule has 60 valence electrons. The predicted molar refractivity (Wildman–Crippen MR) is 42.5 cm³/mol. The van der Waals surface area contributed by atoms with Crippen LogP contribution in [-0.4, -0.2) is 26.9 Å². The minimum absolute atomic E-state index is 0.479. The van der Waals surface area contributed by atoms with Gasteiger partial charge in [-0.25, -0.2) is 0 Å². The Hall–Kier alpha value is -0.805. The number of aryl methyl sites for hydroxylation is 2. The Morgan fingerprint density at radius 1 is 1.64 bits per heavy atom. The summed E-state index contributed by atoms with van der Waals surface area (Å²) in [5.74, 6) is 0. The van der Waals surface area contributed by atoms with Gasteiger partial charge in [-0.15, -0.1) is 0 Å². The van der Waals surface area contributed by atoms with Crippen molar-refractivity contribution in [1.82, 2.24) is 9.78 Å². The van der Waals surface area contributed by atoms with Crippen molar-refractivity contribution >= 4 is 12.6 Å². The first-order valence-electron chi connectivity index (χ1n) is 3.55. The molecule has 0 amide bonds. The van der Waals surface area contributed by atoms with Gasteiger partial charge >= 0.3 is 7.12 Å². The molecule has 0 spiro atoms. The summed E-state index contributed by atoms with van der Waals surface area (Å²) in [4.78, 5) is 0. The van der Waals surface area contributed by atoms with Crippen LogP contribution < -0.4 is 5.46 Å². The number of hydrogen-bond acceptors (Lipinski definition) is 3. The zero-order chi connectivity index (χ0) is 8.43. The average molecular weight is 154 g/mol. The minimum Gasteiger partial charge on any atom is -0.423 e. The van der Waals surface area contributed by atoms with Gasteiger partial charge in [-0.05, 0) is 13.8 Å². The van der Waals surface area contributed by atoms with E-state index in [1.54, 1.807) is 17.8 Å². The maximum atomic E-state index is 8.82. The van der Waals surface area contributed by atoms with Gasteiger partial charge < -0.3 is 10.0 Å². The largest absolute Gasteiger partial charge is 0.491 e. The van der Waals surface area contributed by atoms with E-state index in [0.717, 1.165) is 6.54 Å². The highest BCUT2D eigenvalue weighted by molar-refractivity contribution is 6.59. The van der Waals surface area contributed by atoms with Crippen LogP contribution in [-0.2, 0) is 6.54 Å². The maximum absolute atomic E-state index is 8.82. The normalized spacial score (nSPS) is 10.2. The van der Waals surface area contributed by atoms with E-state index in [4.69, 9.17) is 10.0 Å². The van der Waals surface area contributed by atoms with Crippen molar-refractivity contribution in [2.24, 2.45) is 0 Å². The molecule has 0 unspecified atom stereocenters. The molecule has 0 atom stereocenters. The fourth-order valence-electron chi connectivity index (χ4n) is 0.949. The van der Waals surface area contributed by atoms with Gasteiger partial charge in [-0.3, -0.25) is 4.68 Å². The third-order valence-corrected chi connectivity index (χ3v) is 1.59. The molecule has 0 fully saturated rings. The molecule has 4 nitrogen and oxygen atoms in total. The lowest BCUT2D eigenvalue weighted by Gasteiger charge is -1.91. The van der Waals surface area contributed by atoms with E-state index in [-0.39, 0.29) is 0 Å². The highest BCUT2D eigenvalue weighted by Gasteiger charge is 2.16. The van der Waals surface area contributed by atoms with Crippen molar-refractivity contribution in [1.29, 1.82) is 0 Å². The number of aromatic nitrogens is 2. The third-order valence-electron chi connectivity index (χ3n) is 1.59. The van der Waals surface area contributed by atoms with E-state index >= 15 is 0 Å². The molecule has 1 aromatic rings. The van der Waals surface area contributed by atoms with Gasteiger partial charge in [-0.1, -0.05) is 0 Å². The van der Waals surface area contributed by atoms with Crippen molar-refractivity contribution in [3.63, 3.8) is 0 Å². The number of nitrogens with zero attached hydrogens (tertiary/aromatic N) is 2. The standard InChI is InChI=1S/C6H11BN2O2/c1-3-9-4-6(7(10)11)5(2)8-9/h4,10-11H,3H2,1-2H3. The van der Waals surface area contributed by atoms with E-state index in [2.05, 4.69) is 5.10 Å². The van der Waals surface area contributed by atoms with Crippen LogP contribution in [0.4, 0.5) is 0 Å². The number of hydrogen-bond donors (Lipinski definition) is 2. The van der Waals surface area contributed by atoms with E-state index < -0.39 is 7.12 Å². The van der Waals surface area contributed by atoms with Crippen LogP contribution >= 0.6 is 0 Å². The Morgan fingerprint density at radius 2 is 2.27 bits per heavy atom. The Kier molecular flexibility index (Phi) is 2.31. The van der Waals surface area contributed by atoms with Crippen molar-refractivity contribution in [3.05, 3.63) is 11.9 Å². The highest BCUT2D eigenvalue weighted by atomic mass is 16.4. The molecule has 0 radical (unpaired) electrons. The molecular weight excluding hydrogens is 143 g/mol. The van der Waals surface area contributed by atoms with Crippen LogP contribution in [0.2, 0.25) is 0 Å². The molecular formula is C6H11BN2O2. The minimum atomic E-state index is -1.41. The van der Waals surface area contributed by atoms with Crippen molar-refractivity contribution in [3.8, 4) is 0 Å². The van der Waals surface area contributed by atoms with E-state index in [1.165, 1.54) is 0 Å². The number of rotatable bonds is 2. The molecule has 0 aliphatic heterocycles. The summed E-state index contributed by atoms with van der Waals surface area (Å²) in [5.41, 5.74) is 1.15. The molecule has 0 saturated carbocycles. The van der Waals surface area contributed by atoms with Gasteiger partial charge in [0, 0.05) is 18.2 Å². The van der Waals surface area contributed by atoms with Crippen molar-refractivity contribution < 1.29 is 10.0 Å². The smallest absolute Gasteiger partial charge is 0.423 e. The van der Waals surface area contributed by atoms with Crippen LogP contribution in [0, 0.1) is 6.92 Å². The second kappa shape index (κ2) is 3.06. The SMILES string of the molecule is CCn1cc(B(O)O)c(C)n1. The Morgan fingerprint density at radius 3 is 2.55 bits per heavy atom. The van der Waals surface area contributed by atoms with Crippen LogP contribution in [0.5, 0.6) is 0 Å². The fraction of sp³-hybridized carbons (Fsp3) is 0.500. The summed E-state index contributed by atoms with van der Waals surface area (Å²) in [6.07, 6.45) is 1.64. The molecule has 0 bridgehead atoms. The van der Waals surface area contributed by atoms with E-state index in [9.17, 15) is 0 Å². The third kappa shape index (κ3) is 1.61. The summed E-state index contributed by atoms with van der Waals surface area (Å²) in [6.45, 7) is 4.44. The summed E-state index contributed by atoms with van der Waals surface area (Å²) in [5, 5.41) is 21.7. The molecule has 2 N–H and O–H groups in total. The topological polar surface area (TPSA) is 58.3 Å². The van der Waals surface area contributed by atoms with Gasteiger partial charge in [0.05, 0.1) is 5.69 Å². The van der Waals surface area contributed by atoms with Crippen molar-refractivity contribution in [2.75, 3.05) is 0 Å². The van der Waals surface area contributed by atoms with Gasteiger partial charge in [0.1, 0.15) is 0 Å². The first-order valence-corrected chi connectivity index (χ1v) is 3.55. The molecule has 0 aliphatic rings. The first-order chi connectivity index (χ1) is 5.15. The lowest BCUT2D eigenvalue weighted by Crippen LogP contribution is -2.30. The van der Waals surface area contributed by atoms with E-state index in [0.29, 0.717) is 11.2 Å². The predicted octanol–water partition coefficient (Wildman–Crippen LogP) is -1.11. The highest BCUT2D eigenvalue weighted by Crippen LogP contribution is 1.90. The van der Waals surface area contributed by atoms with Gasteiger partial charge in [-0.2, -0.15) is 5.10 Å². The molecule has 1 aromatic heterocycles. The maximum Gasteiger partial charge on any atom is 0.491 e. The van der Waals surface area contributed by atoms with Crippen LogP contribution in [0.25, 0.3) is 0 Å². The molecule has 1 rings (SSSR count). The van der Waals surface area contributed by atoms with Crippen LogP contribution in [0.3, 0.4) is 0 Å². The quantitative estimate of drug-likeness (QED) is 0.531. The molecule has 1 heterocycles. The second-order valence-corrected chi connectivity index (χ2v) is 2.40. The second-order valence-electron chi connectivity index (χ2n) is 2.40. The summed E-state index contributed by atoms with van der Waals surface area (Å²) >= 11 is 0. The fourth-order valence-corrected chi connectivity index (χ4v) is 0.949. The molecule has 5 heteroatoms. The molecule has 0 aromatic carbocycles. The average Bonchev–Trinajstić information content (AvgIpc) is 2.30. The Bertz CT molecular complexity index is 247. The van der Waals surface area contributed by atoms with Gasteiger partial charge in [0.25, 0.3) is 0 Å². The Balaban J connectivity index is 2.97.